The van der Waals surface area contributed by atoms with Gasteiger partial charge in [-0.25, -0.2) is 13.5 Å². The van der Waals surface area contributed by atoms with Crippen molar-refractivity contribution in [3.05, 3.63) is 11.4 Å². The Kier molecular flexibility index (Phi) is 1.59. The summed E-state index contributed by atoms with van der Waals surface area (Å²) >= 11 is 0. The van der Waals surface area contributed by atoms with Gasteiger partial charge in [0.15, 0.2) is 0 Å². The molecule has 0 bridgehead atoms. The van der Waals surface area contributed by atoms with Crippen LogP contribution in [0.2, 0.25) is 0 Å². The number of alkyl halides is 2. The zero-order chi connectivity index (χ0) is 8.72. The molecule has 0 spiro atoms. The van der Waals surface area contributed by atoms with Crippen LogP contribution >= 0.6 is 0 Å². The molecular weight excluding hydrogens is 164 g/mol. The van der Waals surface area contributed by atoms with Crippen LogP contribution in [0.15, 0.2) is 0 Å². The standard InChI is InChI=1S/C7H9F2N3/c1-4-6(7(8)9)12(11-10-4)5-2-3-5/h5,7H,2-3H2,1H3. The average molecular weight is 173 g/mol. The van der Waals surface area contributed by atoms with Crippen molar-refractivity contribution >= 4 is 0 Å². The Morgan fingerprint density at radius 3 is 2.67 bits per heavy atom. The van der Waals surface area contributed by atoms with Gasteiger partial charge < -0.3 is 0 Å². The van der Waals surface area contributed by atoms with Gasteiger partial charge in [0.25, 0.3) is 6.43 Å². The van der Waals surface area contributed by atoms with Crippen molar-refractivity contribution in [2.24, 2.45) is 0 Å². The van der Waals surface area contributed by atoms with Crippen LogP contribution in [-0.4, -0.2) is 15.0 Å². The van der Waals surface area contributed by atoms with Gasteiger partial charge in [0.1, 0.15) is 5.69 Å². The first-order chi connectivity index (χ1) is 5.70. The van der Waals surface area contributed by atoms with Crippen LogP contribution in [-0.2, 0) is 0 Å². The van der Waals surface area contributed by atoms with Gasteiger partial charge in [-0.3, -0.25) is 0 Å². The molecule has 0 radical (unpaired) electrons. The fraction of sp³-hybridized carbons (Fsp3) is 0.714. The minimum absolute atomic E-state index is 0.0162. The van der Waals surface area contributed by atoms with E-state index < -0.39 is 6.43 Å². The van der Waals surface area contributed by atoms with E-state index >= 15 is 0 Å². The quantitative estimate of drug-likeness (QED) is 0.683. The van der Waals surface area contributed by atoms with Crippen LogP contribution in [0.25, 0.3) is 0 Å². The zero-order valence-electron chi connectivity index (χ0n) is 6.67. The van der Waals surface area contributed by atoms with Crippen molar-refractivity contribution in [1.29, 1.82) is 0 Å². The molecule has 1 heterocycles. The zero-order valence-corrected chi connectivity index (χ0v) is 6.67. The second-order valence-corrected chi connectivity index (χ2v) is 3.04. The van der Waals surface area contributed by atoms with Crippen LogP contribution in [0, 0.1) is 6.92 Å². The summed E-state index contributed by atoms with van der Waals surface area (Å²) in [5, 5.41) is 7.32. The summed E-state index contributed by atoms with van der Waals surface area (Å²) in [7, 11) is 0. The molecule has 5 heteroatoms. The molecule has 1 aromatic rings. The fourth-order valence-corrected chi connectivity index (χ4v) is 1.23. The van der Waals surface area contributed by atoms with E-state index in [4.69, 9.17) is 0 Å². The molecule has 0 atom stereocenters. The van der Waals surface area contributed by atoms with Crippen molar-refractivity contribution in [2.75, 3.05) is 0 Å². The lowest BCUT2D eigenvalue weighted by molar-refractivity contribution is 0.138. The average Bonchev–Trinajstić information content (AvgIpc) is 2.75. The van der Waals surface area contributed by atoms with E-state index in [2.05, 4.69) is 10.3 Å². The van der Waals surface area contributed by atoms with Crippen molar-refractivity contribution in [1.82, 2.24) is 15.0 Å². The minimum Gasteiger partial charge on any atom is -0.240 e. The van der Waals surface area contributed by atoms with E-state index in [1.165, 1.54) is 4.68 Å². The number of aromatic nitrogens is 3. The summed E-state index contributed by atoms with van der Waals surface area (Å²) in [6, 6.07) is 0.176. The lowest BCUT2D eigenvalue weighted by Gasteiger charge is -2.02. The van der Waals surface area contributed by atoms with E-state index in [0.717, 1.165) is 12.8 Å². The van der Waals surface area contributed by atoms with Gasteiger partial charge in [0.05, 0.1) is 11.7 Å². The summed E-state index contributed by atoms with van der Waals surface area (Å²) in [5.74, 6) is 0. The van der Waals surface area contributed by atoms with Crippen molar-refractivity contribution < 1.29 is 8.78 Å². The maximum Gasteiger partial charge on any atom is 0.281 e. The molecule has 1 aliphatic rings. The van der Waals surface area contributed by atoms with Crippen molar-refractivity contribution in [3.63, 3.8) is 0 Å². The molecule has 1 aromatic heterocycles. The van der Waals surface area contributed by atoms with Crippen LogP contribution in [0.4, 0.5) is 8.78 Å². The molecule has 1 saturated carbocycles. The highest BCUT2D eigenvalue weighted by molar-refractivity contribution is 5.11. The van der Waals surface area contributed by atoms with E-state index in [1.807, 2.05) is 0 Å². The van der Waals surface area contributed by atoms with Crippen LogP contribution < -0.4 is 0 Å². The number of rotatable bonds is 2. The Morgan fingerprint density at radius 2 is 2.17 bits per heavy atom. The topological polar surface area (TPSA) is 30.7 Å². The first kappa shape index (κ1) is 7.64. The second kappa shape index (κ2) is 2.50. The van der Waals surface area contributed by atoms with Gasteiger partial charge in [0, 0.05) is 0 Å². The molecule has 1 fully saturated rings. The molecule has 0 aromatic carbocycles. The molecule has 0 amide bonds. The third-order valence-electron chi connectivity index (χ3n) is 2.01. The van der Waals surface area contributed by atoms with Crippen molar-refractivity contribution in [3.8, 4) is 0 Å². The second-order valence-electron chi connectivity index (χ2n) is 3.04. The molecule has 0 saturated heterocycles. The molecule has 12 heavy (non-hydrogen) atoms. The van der Waals surface area contributed by atoms with Gasteiger partial charge in [-0.2, -0.15) is 0 Å². The number of aryl methyl sites for hydroxylation is 1. The van der Waals surface area contributed by atoms with Gasteiger partial charge >= 0.3 is 0 Å². The SMILES string of the molecule is Cc1nnn(C2CC2)c1C(F)F. The van der Waals surface area contributed by atoms with E-state index in [9.17, 15) is 8.78 Å². The Balaban J connectivity index is 2.39. The molecule has 2 rings (SSSR count). The molecule has 0 unspecified atom stereocenters. The molecule has 66 valence electrons. The van der Waals surface area contributed by atoms with Gasteiger partial charge in [-0.1, -0.05) is 5.21 Å². The van der Waals surface area contributed by atoms with Gasteiger partial charge in [-0.05, 0) is 19.8 Å². The highest BCUT2D eigenvalue weighted by Crippen LogP contribution is 2.37. The number of hydrogen-bond donors (Lipinski definition) is 0. The van der Waals surface area contributed by atoms with E-state index in [-0.39, 0.29) is 11.7 Å². The summed E-state index contributed by atoms with van der Waals surface area (Å²) in [6.07, 6.45) is -0.564. The largest absolute Gasteiger partial charge is 0.281 e. The highest BCUT2D eigenvalue weighted by atomic mass is 19.3. The Hall–Kier alpha value is -1.00. The normalized spacial score (nSPS) is 17.3. The molecule has 0 N–H and O–H groups in total. The van der Waals surface area contributed by atoms with Crippen molar-refractivity contribution in [2.45, 2.75) is 32.2 Å². The number of hydrogen-bond acceptors (Lipinski definition) is 2. The Labute approximate surface area is 68.4 Å². The third-order valence-corrected chi connectivity index (χ3v) is 2.01. The first-order valence-corrected chi connectivity index (χ1v) is 3.90. The maximum atomic E-state index is 12.4. The summed E-state index contributed by atoms with van der Waals surface area (Å²) in [4.78, 5) is 0. The number of nitrogens with zero attached hydrogens (tertiary/aromatic N) is 3. The molecule has 3 nitrogen and oxygen atoms in total. The fourth-order valence-electron chi connectivity index (χ4n) is 1.23. The first-order valence-electron chi connectivity index (χ1n) is 3.90. The molecular formula is C7H9F2N3. The lowest BCUT2D eigenvalue weighted by atomic mass is 10.3. The molecule has 1 aliphatic carbocycles. The Morgan fingerprint density at radius 1 is 1.50 bits per heavy atom. The maximum absolute atomic E-state index is 12.4. The highest BCUT2D eigenvalue weighted by Gasteiger charge is 2.31. The van der Waals surface area contributed by atoms with Crippen LogP contribution in [0.5, 0.6) is 0 Å². The van der Waals surface area contributed by atoms with Crippen LogP contribution in [0.1, 0.15) is 36.7 Å². The lowest BCUT2D eigenvalue weighted by Crippen LogP contribution is -2.03. The summed E-state index contributed by atoms with van der Waals surface area (Å²) in [6.45, 7) is 1.56. The number of halogens is 2. The van der Waals surface area contributed by atoms with Gasteiger partial charge in [0.2, 0.25) is 0 Å². The smallest absolute Gasteiger partial charge is 0.240 e. The monoisotopic (exact) mass is 173 g/mol. The Bertz CT molecular complexity index is 291. The minimum atomic E-state index is -2.46. The summed E-state index contributed by atoms with van der Waals surface area (Å²) < 4.78 is 26.2. The predicted molar refractivity (Wildman–Crippen MR) is 38.0 cm³/mol. The summed E-state index contributed by atoms with van der Waals surface area (Å²) in [5.41, 5.74) is 0.328. The van der Waals surface area contributed by atoms with Gasteiger partial charge in [-0.15, -0.1) is 5.10 Å². The predicted octanol–water partition coefficient (Wildman–Crippen LogP) is 1.86. The van der Waals surface area contributed by atoms with E-state index in [1.54, 1.807) is 6.92 Å². The van der Waals surface area contributed by atoms with Crippen LogP contribution in [0.3, 0.4) is 0 Å². The van der Waals surface area contributed by atoms with E-state index in [0.29, 0.717) is 5.69 Å². The molecule has 0 aliphatic heterocycles. The third kappa shape index (κ3) is 1.09.